The molecule has 106 valence electrons. The Labute approximate surface area is 139 Å². The summed E-state index contributed by atoms with van der Waals surface area (Å²) in [4.78, 5) is 0. The number of hydrogen-bond acceptors (Lipinski definition) is 1. The van der Waals surface area contributed by atoms with Gasteiger partial charge in [-0.15, -0.1) is 0 Å². The molecule has 2 rings (SSSR count). The second-order valence-corrected chi connectivity index (χ2v) is 6.73. The van der Waals surface area contributed by atoms with E-state index in [1.165, 1.54) is 25.8 Å². The summed E-state index contributed by atoms with van der Waals surface area (Å²) < 4.78 is 1.25. The minimum atomic E-state index is 0.280. The molecule has 0 bridgehead atoms. The number of rotatable bonds is 4. The Balaban J connectivity index is 2.28. The topological polar surface area (TPSA) is 12.0 Å². The van der Waals surface area contributed by atoms with E-state index < -0.39 is 0 Å². The molecule has 0 heterocycles. The molecule has 1 unspecified atom stereocenters. The third kappa shape index (κ3) is 3.74. The smallest absolute Gasteiger partial charge is 0.0410 e. The first kappa shape index (κ1) is 15.8. The van der Waals surface area contributed by atoms with Gasteiger partial charge in [-0.3, -0.25) is 0 Å². The highest BCUT2D eigenvalue weighted by Crippen LogP contribution is 2.26. The van der Waals surface area contributed by atoms with Crippen LogP contribution in [0.2, 0.25) is 5.02 Å². The third-order valence-electron chi connectivity index (χ3n) is 3.69. The normalized spacial score (nSPS) is 12.4. The zero-order chi connectivity index (χ0) is 14.7. The average Bonchev–Trinajstić information content (AvgIpc) is 2.43. The largest absolute Gasteiger partial charge is 0.313 e. The summed E-state index contributed by atoms with van der Waals surface area (Å²) in [6.45, 7) is 4.31. The molecule has 0 aliphatic heterocycles. The number of benzene rings is 2. The van der Waals surface area contributed by atoms with Crippen molar-refractivity contribution >= 4 is 34.2 Å². The van der Waals surface area contributed by atoms with E-state index in [1.54, 1.807) is 0 Å². The first-order valence-corrected chi connectivity index (χ1v) is 8.15. The number of hydrogen-bond donors (Lipinski definition) is 1. The van der Waals surface area contributed by atoms with E-state index in [-0.39, 0.29) is 6.04 Å². The molecule has 0 saturated carbocycles. The Morgan fingerprint density at radius 1 is 1.10 bits per heavy atom. The second kappa shape index (κ2) is 6.92. The Morgan fingerprint density at radius 3 is 2.50 bits per heavy atom. The number of halogens is 2. The van der Waals surface area contributed by atoms with Gasteiger partial charge < -0.3 is 5.32 Å². The van der Waals surface area contributed by atoms with Crippen LogP contribution in [-0.2, 0) is 6.42 Å². The van der Waals surface area contributed by atoms with Gasteiger partial charge in [0.25, 0.3) is 0 Å². The lowest BCUT2D eigenvalue weighted by molar-refractivity contribution is 0.589. The summed E-state index contributed by atoms with van der Waals surface area (Å²) >= 11 is 8.51. The van der Waals surface area contributed by atoms with Crippen LogP contribution in [0, 0.1) is 17.4 Å². The van der Waals surface area contributed by atoms with Gasteiger partial charge in [0.2, 0.25) is 0 Å². The maximum atomic E-state index is 6.14. The van der Waals surface area contributed by atoms with E-state index in [9.17, 15) is 0 Å². The Hall–Kier alpha value is -0.580. The molecule has 0 saturated heterocycles. The van der Waals surface area contributed by atoms with E-state index >= 15 is 0 Å². The van der Waals surface area contributed by atoms with E-state index in [1.807, 2.05) is 13.1 Å². The summed E-state index contributed by atoms with van der Waals surface area (Å²) in [7, 11) is 2.00. The van der Waals surface area contributed by atoms with Crippen LogP contribution in [0.1, 0.15) is 28.3 Å². The van der Waals surface area contributed by atoms with Crippen molar-refractivity contribution in [1.82, 2.24) is 5.32 Å². The quantitative estimate of drug-likeness (QED) is 0.708. The highest BCUT2D eigenvalue weighted by atomic mass is 127. The highest BCUT2D eigenvalue weighted by molar-refractivity contribution is 14.1. The van der Waals surface area contributed by atoms with Crippen molar-refractivity contribution in [1.29, 1.82) is 0 Å². The summed E-state index contributed by atoms with van der Waals surface area (Å²) in [5.41, 5.74) is 5.30. The van der Waals surface area contributed by atoms with Gasteiger partial charge in [0.1, 0.15) is 0 Å². The molecular formula is C17H19ClIN. The van der Waals surface area contributed by atoms with Gasteiger partial charge in [-0.05, 0) is 90.4 Å². The van der Waals surface area contributed by atoms with Crippen LogP contribution in [0.25, 0.3) is 0 Å². The van der Waals surface area contributed by atoms with Gasteiger partial charge >= 0.3 is 0 Å². The number of nitrogens with one attached hydrogen (secondary N) is 1. The molecule has 1 N–H and O–H groups in total. The first-order chi connectivity index (χ1) is 9.51. The lowest BCUT2D eigenvalue weighted by Crippen LogP contribution is -2.20. The minimum absolute atomic E-state index is 0.280. The fourth-order valence-corrected chi connectivity index (χ4v) is 3.21. The molecule has 0 aliphatic carbocycles. The molecule has 0 aromatic heterocycles. The molecule has 0 radical (unpaired) electrons. The monoisotopic (exact) mass is 399 g/mol. The van der Waals surface area contributed by atoms with Gasteiger partial charge in [0, 0.05) is 14.6 Å². The molecular weight excluding hydrogens is 381 g/mol. The van der Waals surface area contributed by atoms with Crippen molar-refractivity contribution in [2.75, 3.05) is 7.05 Å². The summed E-state index contributed by atoms with van der Waals surface area (Å²) in [5, 5.41) is 4.20. The number of aryl methyl sites for hydroxylation is 2. The maximum Gasteiger partial charge on any atom is 0.0410 e. The molecule has 0 spiro atoms. The molecule has 0 amide bonds. The lowest BCUT2D eigenvalue weighted by atomic mass is 9.96. The van der Waals surface area contributed by atoms with Crippen LogP contribution >= 0.6 is 34.2 Å². The third-order valence-corrected chi connectivity index (χ3v) is 4.91. The molecule has 20 heavy (non-hydrogen) atoms. The van der Waals surface area contributed by atoms with Crippen LogP contribution in [0.3, 0.4) is 0 Å². The van der Waals surface area contributed by atoms with Crippen molar-refractivity contribution in [3.8, 4) is 0 Å². The zero-order valence-electron chi connectivity index (χ0n) is 12.0. The fraction of sp³-hybridized carbons (Fsp3) is 0.294. The van der Waals surface area contributed by atoms with Gasteiger partial charge in [0.15, 0.2) is 0 Å². The molecule has 0 fully saturated rings. The summed E-state index contributed by atoms with van der Waals surface area (Å²) in [6.07, 6.45) is 0.966. The molecule has 3 heteroatoms. The van der Waals surface area contributed by atoms with Crippen molar-refractivity contribution in [3.05, 3.63) is 67.2 Å². The van der Waals surface area contributed by atoms with Crippen LogP contribution in [0.15, 0.2) is 36.4 Å². The fourth-order valence-electron chi connectivity index (χ4n) is 2.32. The highest BCUT2D eigenvalue weighted by Gasteiger charge is 2.14. The molecule has 0 aliphatic rings. The second-order valence-electron chi connectivity index (χ2n) is 5.13. The Bertz CT molecular complexity index is 610. The molecule has 1 atom stereocenters. The van der Waals surface area contributed by atoms with Gasteiger partial charge in [-0.1, -0.05) is 29.8 Å². The average molecular weight is 400 g/mol. The molecule has 2 aromatic rings. The summed E-state index contributed by atoms with van der Waals surface area (Å²) in [6, 6.07) is 13.0. The first-order valence-electron chi connectivity index (χ1n) is 6.69. The van der Waals surface area contributed by atoms with Gasteiger partial charge in [0.05, 0.1) is 0 Å². The standard InChI is InChI=1S/C17H19ClIN/c1-11-4-5-13(8-12(11)2)9-17(20-3)15-10-14(18)6-7-16(15)19/h4-8,10,17,20H,9H2,1-3H3. The predicted octanol–water partition coefficient (Wildman–Crippen LogP) is 5.06. The van der Waals surface area contributed by atoms with E-state index in [2.05, 4.69) is 72.1 Å². The molecule has 1 nitrogen and oxygen atoms in total. The predicted molar refractivity (Wildman–Crippen MR) is 95.6 cm³/mol. The number of likely N-dealkylation sites (N-methyl/N-ethyl adjacent to an activating group) is 1. The van der Waals surface area contributed by atoms with Crippen LogP contribution in [0.4, 0.5) is 0 Å². The van der Waals surface area contributed by atoms with Crippen LogP contribution in [-0.4, -0.2) is 7.05 Å². The van der Waals surface area contributed by atoms with E-state index in [0.717, 1.165) is 11.4 Å². The van der Waals surface area contributed by atoms with Crippen LogP contribution in [0.5, 0.6) is 0 Å². The SMILES string of the molecule is CNC(Cc1ccc(C)c(C)c1)c1cc(Cl)ccc1I. The van der Waals surface area contributed by atoms with Crippen LogP contribution < -0.4 is 5.32 Å². The van der Waals surface area contributed by atoms with Gasteiger partial charge in [-0.2, -0.15) is 0 Å². The van der Waals surface area contributed by atoms with E-state index in [4.69, 9.17) is 11.6 Å². The maximum absolute atomic E-state index is 6.14. The lowest BCUT2D eigenvalue weighted by Gasteiger charge is -2.19. The van der Waals surface area contributed by atoms with Crippen molar-refractivity contribution < 1.29 is 0 Å². The van der Waals surface area contributed by atoms with E-state index in [0.29, 0.717) is 0 Å². The van der Waals surface area contributed by atoms with Crippen molar-refractivity contribution in [2.24, 2.45) is 0 Å². The summed E-state index contributed by atoms with van der Waals surface area (Å²) in [5.74, 6) is 0. The van der Waals surface area contributed by atoms with Crippen molar-refractivity contribution in [2.45, 2.75) is 26.3 Å². The molecule has 2 aromatic carbocycles. The zero-order valence-corrected chi connectivity index (χ0v) is 14.9. The Kier molecular flexibility index (Phi) is 5.47. The van der Waals surface area contributed by atoms with Crippen molar-refractivity contribution in [3.63, 3.8) is 0 Å². The van der Waals surface area contributed by atoms with Gasteiger partial charge in [-0.25, -0.2) is 0 Å². The Morgan fingerprint density at radius 2 is 1.85 bits per heavy atom. The minimum Gasteiger partial charge on any atom is -0.313 e.